The molecular weight excluding hydrogens is 292 g/mol. The van der Waals surface area contributed by atoms with Crippen LogP contribution in [-0.4, -0.2) is 30.7 Å². The highest BCUT2D eigenvalue weighted by Crippen LogP contribution is 2.34. The second kappa shape index (κ2) is 6.54. The molecule has 3 N–H and O–H groups in total. The summed E-state index contributed by atoms with van der Waals surface area (Å²) in [5.41, 5.74) is 5.72. The quantitative estimate of drug-likeness (QED) is 0.883. The van der Waals surface area contributed by atoms with Crippen molar-refractivity contribution in [2.45, 2.75) is 38.0 Å². The number of nitrogens with one attached hydrogen (secondary N) is 1. The normalized spacial score (nSPS) is 24.7. The van der Waals surface area contributed by atoms with Crippen LogP contribution in [0, 0.1) is 5.92 Å². The van der Waals surface area contributed by atoms with Crippen LogP contribution in [0.15, 0.2) is 24.3 Å². The van der Waals surface area contributed by atoms with E-state index in [2.05, 4.69) is 5.32 Å². The van der Waals surface area contributed by atoms with Gasteiger partial charge in [-0.05, 0) is 37.8 Å². The molecular formula is C15H21ClN2O3. The zero-order chi connectivity index (χ0) is 14.1. The van der Waals surface area contributed by atoms with Gasteiger partial charge < -0.3 is 20.5 Å². The topological polar surface area (TPSA) is 73.6 Å². The molecule has 1 aromatic carbocycles. The monoisotopic (exact) mass is 312 g/mol. The molecule has 2 aliphatic rings. The van der Waals surface area contributed by atoms with Gasteiger partial charge in [-0.25, -0.2) is 0 Å². The molecule has 0 aromatic heterocycles. The number of para-hydroxylation sites is 2. The Bertz CT molecular complexity index is 507. The minimum atomic E-state index is -0.627. The SMILES string of the molecule is CC1Oc2ccccc2OC1C(=O)NC(CN)C1CC1.Cl. The lowest BCUT2D eigenvalue weighted by Gasteiger charge is -2.32. The number of carbonyl (C=O) groups is 1. The Kier molecular flexibility index (Phi) is 4.96. The largest absolute Gasteiger partial charge is 0.482 e. The Balaban J connectivity index is 0.00000161. The highest BCUT2D eigenvalue weighted by atomic mass is 35.5. The molecule has 0 radical (unpaired) electrons. The summed E-state index contributed by atoms with van der Waals surface area (Å²) in [5, 5.41) is 2.99. The molecule has 1 aromatic rings. The van der Waals surface area contributed by atoms with Gasteiger partial charge in [0.15, 0.2) is 11.5 Å². The average molecular weight is 313 g/mol. The van der Waals surface area contributed by atoms with Crippen molar-refractivity contribution in [1.82, 2.24) is 5.32 Å². The number of ether oxygens (including phenoxy) is 2. The van der Waals surface area contributed by atoms with Gasteiger partial charge in [0, 0.05) is 12.6 Å². The van der Waals surface area contributed by atoms with Crippen LogP contribution < -0.4 is 20.5 Å². The Morgan fingerprint density at radius 1 is 1.33 bits per heavy atom. The van der Waals surface area contributed by atoms with Crippen LogP contribution in [-0.2, 0) is 4.79 Å². The zero-order valence-electron chi connectivity index (χ0n) is 12.0. The van der Waals surface area contributed by atoms with Crippen molar-refractivity contribution in [1.29, 1.82) is 0 Å². The Morgan fingerprint density at radius 2 is 1.95 bits per heavy atom. The van der Waals surface area contributed by atoms with E-state index in [4.69, 9.17) is 15.2 Å². The highest BCUT2D eigenvalue weighted by Gasteiger charge is 2.37. The first kappa shape index (κ1) is 15.9. The molecule has 3 unspecified atom stereocenters. The summed E-state index contributed by atoms with van der Waals surface area (Å²) in [5.74, 6) is 1.67. The number of rotatable bonds is 4. The number of benzene rings is 1. The van der Waals surface area contributed by atoms with Gasteiger partial charge in [0.05, 0.1) is 0 Å². The van der Waals surface area contributed by atoms with E-state index in [1.165, 1.54) is 0 Å². The van der Waals surface area contributed by atoms with Crippen LogP contribution in [0.3, 0.4) is 0 Å². The molecule has 1 aliphatic heterocycles. The summed E-state index contributed by atoms with van der Waals surface area (Å²) >= 11 is 0. The lowest BCUT2D eigenvalue weighted by molar-refractivity contribution is -0.134. The van der Waals surface area contributed by atoms with Crippen molar-refractivity contribution in [2.75, 3.05) is 6.54 Å². The van der Waals surface area contributed by atoms with Crippen LogP contribution in [0.25, 0.3) is 0 Å². The number of hydrogen-bond donors (Lipinski definition) is 2. The fraction of sp³-hybridized carbons (Fsp3) is 0.533. The van der Waals surface area contributed by atoms with Gasteiger partial charge in [-0.3, -0.25) is 4.79 Å². The van der Waals surface area contributed by atoms with Gasteiger partial charge in [0.1, 0.15) is 6.10 Å². The van der Waals surface area contributed by atoms with Gasteiger partial charge >= 0.3 is 0 Å². The van der Waals surface area contributed by atoms with E-state index in [1.54, 1.807) is 0 Å². The highest BCUT2D eigenvalue weighted by molar-refractivity contribution is 5.85. The van der Waals surface area contributed by atoms with Crippen molar-refractivity contribution >= 4 is 18.3 Å². The molecule has 1 saturated carbocycles. The molecule has 6 heteroatoms. The lowest BCUT2D eigenvalue weighted by Crippen LogP contribution is -2.53. The van der Waals surface area contributed by atoms with Gasteiger partial charge in [-0.2, -0.15) is 0 Å². The maximum Gasteiger partial charge on any atom is 0.265 e. The molecule has 5 nitrogen and oxygen atoms in total. The number of nitrogens with two attached hydrogens (primary N) is 1. The fourth-order valence-electron chi connectivity index (χ4n) is 2.54. The lowest BCUT2D eigenvalue weighted by atomic mass is 10.1. The minimum Gasteiger partial charge on any atom is -0.482 e. The molecule has 0 bridgehead atoms. The van der Waals surface area contributed by atoms with Crippen molar-refractivity contribution in [3.8, 4) is 11.5 Å². The standard InChI is InChI=1S/C15H20N2O3.ClH/c1-9-14(15(18)17-11(8-16)10-6-7-10)20-13-5-3-2-4-12(13)19-9;/h2-5,9-11,14H,6-8,16H2,1H3,(H,17,18);1H. The summed E-state index contributed by atoms with van der Waals surface area (Å²) in [6.07, 6.45) is 1.34. The van der Waals surface area contributed by atoms with E-state index >= 15 is 0 Å². The number of amides is 1. The number of carbonyl (C=O) groups excluding carboxylic acids is 1. The Labute approximate surface area is 130 Å². The van der Waals surface area contributed by atoms with Crippen LogP contribution in [0.2, 0.25) is 0 Å². The fourth-order valence-corrected chi connectivity index (χ4v) is 2.54. The third kappa shape index (κ3) is 3.41. The van der Waals surface area contributed by atoms with Gasteiger partial charge in [-0.15, -0.1) is 12.4 Å². The second-order valence-corrected chi connectivity index (χ2v) is 5.50. The van der Waals surface area contributed by atoms with Gasteiger partial charge in [0.25, 0.3) is 5.91 Å². The summed E-state index contributed by atoms with van der Waals surface area (Å²) in [4.78, 5) is 12.3. The molecule has 1 amide bonds. The first-order chi connectivity index (χ1) is 9.69. The third-order valence-corrected chi connectivity index (χ3v) is 3.87. The molecule has 1 fully saturated rings. The van der Waals surface area contributed by atoms with Crippen molar-refractivity contribution in [2.24, 2.45) is 11.7 Å². The van der Waals surface area contributed by atoms with Gasteiger partial charge in [-0.1, -0.05) is 12.1 Å². The van der Waals surface area contributed by atoms with E-state index in [1.807, 2.05) is 31.2 Å². The second-order valence-electron chi connectivity index (χ2n) is 5.50. The molecule has 1 aliphatic carbocycles. The van der Waals surface area contributed by atoms with Crippen LogP contribution in [0.4, 0.5) is 0 Å². The molecule has 21 heavy (non-hydrogen) atoms. The smallest absolute Gasteiger partial charge is 0.265 e. The first-order valence-corrected chi connectivity index (χ1v) is 7.12. The molecule has 3 rings (SSSR count). The van der Waals surface area contributed by atoms with Crippen LogP contribution >= 0.6 is 12.4 Å². The molecule has 1 heterocycles. The first-order valence-electron chi connectivity index (χ1n) is 7.12. The third-order valence-electron chi connectivity index (χ3n) is 3.87. The zero-order valence-corrected chi connectivity index (χ0v) is 12.8. The molecule has 116 valence electrons. The average Bonchev–Trinajstić information content (AvgIpc) is 3.28. The molecule has 0 spiro atoms. The molecule has 3 atom stereocenters. The maximum absolute atomic E-state index is 12.3. The number of halogens is 1. The van der Waals surface area contributed by atoms with E-state index in [9.17, 15) is 4.79 Å². The minimum absolute atomic E-state index is 0. The number of fused-ring (bicyclic) bond motifs is 1. The summed E-state index contributed by atoms with van der Waals surface area (Å²) in [7, 11) is 0. The van der Waals surface area contributed by atoms with E-state index in [0.29, 0.717) is 24.0 Å². The predicted octanol–water partition coefficient (Wildman–Crippen LogP) is 1.49. The molecule has 0 saturated heterocycles. The Hall–Kier alpha value is -1.46. The van der Waals surface area contributed by atoms with Crippen LogP contribution in [0.5, 0.6) is 11.5 Å². The summed E-state index contributed by atoms with van der Waals surface area (Å²) < 4.78 is 11.5. The Morgan fingerprint density at radius 3 is 2.52 bits per heavy atom. The van der Waals surface area contributed by atoms with Gasteiger partial charge in [0.2, 0.25) is 6.10 Å². The van der Waals surface area contributed by atoms with Crippen molar-refractivity contribution < 1.29 is 14.3 Å². The van der Waals surface area contributed by atoms with E-state index in [-0.39, 0.29) is 30.5 Å². The number of hydrogen-bond acceptors (Lipinski definition) is 4. The maximum atomic E-state index is 12.3. The van der Waals surface area contributed by atoms with E-state index < -0.39 is 6.10 Å². The van der Waals surface area contributed by atoms with Crippen molar-refractivity contribution in [3.05, 3.63) is 24.3 Å². The van der Waals surface area contributed by atoms with E-state index in [0.717, 1.165) is 12.8 Å². The van der Waals surface area contributed by atoms with Crippen molar-refractivity contribution in [3.63, 3.8) is 0 Å². The summed E-state index contributed by atoms with van der Waals surface area (Å²) in [6.45, 7) is 2.31. The predicted molar refractivity (Wildman–Crippen MR) is 81.9 cm³/mol. The van der Waals surface area contributed by atoms with Crippen LogP contribution in [0.1, 0.15) is 19.8 Å². The summed E-state index contributed by atoms with van der Waals surface area (Å²) in [6, 6.07) is 7.44.